The van der Waals surface area contributed by atoms with Crippen LogP contribution in [-0.2, 0) is 4.74 Å². The third kappa shape index (κ3) is 7.14. The normalized spacial score (nSPS) is 54.2. The van der Waals surface area contributed by atoms with E-state index in [1.54, 1.807) is 14.2 Å². The molecule has 10 saturated carbocycles. The van der Waals surface area contributed by atoms with Gasteiger partial charge in [0.15, 0.2) is 0 Å². The van der Waals surface area contributed by atoms with Crippen LogP contribution in [-0.4, -0.2) is 60.1 Å². The molecule has 67 heavy (non-hydrogen) atoms. The van der Waals surface area contributed by atoms with Gasteiger partial charge in [0.05, 0.1) is 12.2 Å². The first-order chi connectivity index (χ1) is 31.2. The van der Waals surface area contributed by atoms with E-state index in [9.17, 15) is 20.4 Å². The number of rotatable bonds is 4. The monoisotopic (exact) mass is 931 g/mol. The average molecular weight is 932 g/mol. The second-order valence-corrected chi connectivity index (χ2v) is 29.6. The Hall–Kier alpha value is -0.720. The molecule has 384 valence electrons. The quantitative estimate of drug-likeness (QED) is 0.211. The number of hydrogen-bond acceptors (Lipinski definition) is 5. The summed E-state index contributed by atoms with van der Waals surface area (Å²) < 4.78 is 4.25. The molecule has 0 unspecified atom stereocenters. The molecule has 0 bridgehead atoms. The Bertz CT molecular complexity index is 1720. The number of methoxy groups -OCH3 is 1. The van der Waals surface area contributed by atoms with Crippen molar-refractivity contribution in [3.05, 3.63) is 24.3 Å². The van der Waals surface area contributed by atoms with Crippen LogP contribution in [0, 0.1) is 113 Å². The van der Waals surface area contributed by atoms with E-state index in [-0.39, 0.29) is 33.9 Å². The van der Waals surface area contributed by atoms with E-state index >= 15 is 0 Å². The molecule has 20 atom stereocenters. The lowest BCUT2D eigenvalue weighted by atomic mass is 9.32. The van der Waals surface area contributed by atoms with E-state index < -0.39 is 0 Å². The molecule has 10 rings (SSSR count). The lowest BCUT2D eigenvalue weighted by Crippen LogP contribution is -2.66. The van der Waals surface area contributed by atoms with Crippen LogP contribution in [0.15, 0.2) is 24.3 Å². The Morgan fingerprint density at radius 3 is 1.09 bits per heavy atom. The van der Waals surface area contributed by atoms with Crippen molar-refractivity contribution in [1.82, 2.24) is 0 Å². The van der Waals surface area contributed by atoms with Crippen LogP contribution in [0.2, 0.25) is 0 Å². The van der Waals surface area contributed by atoms with Gasteiger partial charge in [-0.15, -0.1) is 0 Å². The summed E-state index contributed by atoms with van der Waals surface area (Å²) in [4.78, 5) is 0. The van der Waals surface area contributed by atoms with Gasteiger partial charge >= 0.3 is 0 Å². The summed E-state index contributed by atoms with van der Waals surface area (Å²) in [5.74, 6) is 6.66. The van der Waals surface area contributed by atoms with Crippen LogP contribution in [0.4, 0.5) is 0 Å². The van der Waals surface area contributed by atoms with Crippen molar-refractivity contribution in [2.24, 2.45) is 113 Å². The van der Waals surface area contributed by atoms with Crippen molar-refractivity contribution in [3.63, 3.8) is 0 Å². The van der Waals surface area contributed by atoms with E-state index in [0.717, 1.165) is 36.5 Å². The fourth-order valence-corrected chi connectivity index (χ4v) is 23.1. The summed E-state index contributed by atoms with van der Waals surface area (Å²) >= 11 is 0. The Balaban J connectivity index is 0.000000172. The van der Waals surface area contributed by atoms with E-state index in [1.807, 2.05) is 0 Å². The smallest absolute Gasteiger partial charge is 0.0594 e. The summed E-state index contributed by atoms with van der Waals surface area (Å²) in [6.45, 7) is 39.5. The molecule has 0 heterocycles. The maximum Gasteiger partial charge on any atom is 0.0594 e. The van der Waals surface area contributed by atoms with Gasteiger partial charge in [0.25, 0.3) is 0 Å². The van der Waals surface area contributed by atoms with Crippen molar-refractivity contribution in [1.29, 1.82) is 0 Å². The number of allylic oxidation sites excluding steroid dienone is 2. The SMILES string of the molecule is C=C(C)[C@@H]1CC[C@]2(CO)CC[C@]3(C)[C@H](CC[C@@H]4[C@@]5(C)CC[C@H](O)C(C)(C)[C@@H]5CC[C@]43C)[C@@H]12.C=C(C)[C@@H]1CC[C@]2(CO)CC[C@]3(C)[C@H](CC[C@@H]4[C@@]5(C)CC[C@H](O)C(C)(C)[C@@H]5CC[C@]43C)[C@@H]12.COC. The van der Waals surface area contributed by atoms with Crippen molar-refractivity contribution in [2.75, 3.05) is 27.4 Å². The van der Waals surface area contributed by atoms with Crippen molar-refractivity contribution < 1.29 is 25.2 Å². The maximum absolute atomic E-state index is 10.9. The summed E-state index contributed by atoms with van der Waals surface area (Å²) in [5.41, 5.74) is 5.20. The second kappa shape index (κ2) is 17.5. The van der Waals surface area contributed by atoms with Crippen LogP contribution >= 0.6 is 0 Å². The molecule has 10 aliphatic rings. The molecule has 5 nitrogen and oxygen atoms in total. The highest BCUT2D eigenvalue weighted by Crippen LogP contribution is 2.79. The first-order valence-electron chi connectivity index (χ1n) is 28.4. The third-order valence-electron chi connectivity index (χ3n) is 27.1. The third-order valence-corrected chi connectivity index (χ3v) is 27.1. The summed E-state index contributed by atoms with van der Waals surface area (Å²) in [6, 6.07) is 0. The standard InChI is InChI=1S/2C30H50O2.C2H6O/c2*1-19(2)20-10-15-30(18-31)17-16-28(6)21(25(20)30)8-9-23-27(5)13-12-24(32)26(3,4)22(27)11-14-29(23,28)7;1-3-2/h2*20-25,31-32H,1,8-18H2,2-7H3;1-2H3/t2*20-,21+,22-,23+,24-,25+,27-,28+,29+,30+;/m00./s1. The second-order valence-electron chi connectivity index (χ2n) is 29.6. The lowest BCUT2D eigenvalue weighted by molar-refractivity contribution is -0.249. The molecule has 0 aliphatic heterocycles. The van der Waals surface area contributed by atoms with Crippen LogP contribution in [0.3, 0.4) is 0 Å². The van der Waals surface area contributed by atoms with Gasteiger partial charge in [0, 0.05) is 27.4 Å². The lowest BCUT2D eigenvalue weighted by Gasteiger charge is -2.73. The molecule has 0 spiro atoms. The van der Waals surface area contributed by atoms with Gasteiger partial charge in [-0.2, -0.15) is 0 Å². The average Bonchev–Trinajstić information content (AvgIpc) is 3.86. The zero-order valence-corrected chi connectivity index (χ0v) is 46.1. The first kappa shape index (κ1) is 52.6. The predicted molar refractivity (Wildman–Crippen MR) is 277 cm³/mol. The highest BCUT2D eigenvalue weighted by Gasteiger charge is 2.73. The fraction of sp³-hybridized carbons (Fsp3) is 0.935. The molecule has 0 aromatic carbocycles. The Labute approximate surface area is 412 Å². The molecular weight excluding hydrogens is 825 g/mol. The minimum absolute atomic E-state index is 0.0290. The van der Waals surface area contributed by atoms with E-state index in [1.165, 1.54) is 127 Å². The largest absolute Gasteiger partial charge is 0.396 e. The minimum Gasteiger partial charge on any atom is -0.396 e. The van der Waals surface area contributed by atoms with E-state index in [4.69, 9.17) is 0 Å². The van der Waals surface area contributed by atoms with Crippen molar-refractivity contribution in [3.8, 4) is 0 Å². The van der Waals surface area contributed by atoms with Gasteiger partial charge in [-0.05, 0) is 256 Å². The van der Waals surface area contributed by atoms with Gasteiger partial charge in [-0.3, -0.25) is 0 Å². The molecule has 0 radical (unpaired) electrons. The number of fused-ring (bicyclic) bond motifs is 14. The molecule has 10 fully saturated rings. The summed E-state index contributed by atoms with van der Waals surface area (Å²) in [7, 11) is 3.25. The molecule has 0 aromatic heterocycles. The van der Waals surface area contributed by atoms with Gasteiger partial charge < -0.3 is 25.2 Å². The Morgan fingerprint density at radius 2 is 0.776 bits per heavy atom. The number of ether oxygens (including phenoxy) is 1. The molecule has 0 aromatic rings. The van der Waals surface area contributed by atoms with Crippen LogP contribution in [0.1, 0.15) is 212 Å². The van der Waals surface area contributed by atoms with Crippen molar-refractivity contribution in [2.45, 2.75) is 224 Å². The van der Waals surface area contributed by atoms with E-state index in [2.05, 4.69) is 101 Å². The summed E-state index contributed by atoms with van der Waals surface area (Å²) in [6.07, 6.45) is 24.4. The zero-order valence-electron chi connectivity index (χ0n) is 46.1. The zero-order chi connectivity index (χ0) is 49.3. The number of aliphatic hydroxyl groups is 4. The summed E-state index contributed by atoms with van der Waals surface area (Å²) in [5, 5.41) is 43.1. The topological polar surface area (TPSA) is 90.2 Å². The van der Waals surface area contributed by atoms with Gasteiger partial charge in [-0.1, -0.05) is 93.5 Å². The molecule has 4 N–H and O–H groups in total. The number of aliphatic hydroxyl groups excluding tert-OH is 4. The Kier molecular flexibility index (Phi) is 13.7. The Morgan fingerprint density at radius 1 is 0.433 bits per heavy atom. The highest BCUT2D eigenvalue weighted by atomic mass is 16.4. The van der Waals surface area contributed by atoms with Crippen molar-refractivity contribution >= 4 is 0 Å². The maximum atomic E-state index is 10.9. The highest BCUT2D eigenvalue weighted by molar-refractivity contribution is 5.24. The van der Waals surface area contributed by atoms with E-state index in [0.29, 0.717) is 81.2 Å². The fourth-order valence-electron chi connectivity index (χ4n) is 23.1. The predicted octanol–water partition coefficient (Wildman–Crippen LogP) is 14.3. The minimum atomic E-state index is -0.147. The van der Waals surface area contributed by atoms with Crippen LogP contribution in [0.25, 0.3) is 0 Å². The molecular formula is C62H106O5. The van der Waals surface area contributed by atoms with Gasteiger partial charge in [0.2, 0.25) is 0 Å². The number of hydrogen-bond donors (Lipinski definition) is 4. The molecule has 0 amide bonds. The van der Waals surface area contributed by atoms with Gasteiger partial charge in [-0.25, -0.2) is 0 Å². The molecule has 10 aliphatic carbocycles. The van der Waals surface area contributed by atoms with Gasteiger partial charge in [0.1, 0.15) is 0 Å². The molecule has 0 saturated heterocycles. The van der Waals surface area contributed by atoms with Crippen LogP contribution in [0.5, 0.6) is 0 Å². The molecule has 5 heteroatoms. The first-order valence-corrected chi connectivity index (χ1v) is 28.4. The van der Waals surface area contributed by atoms with Crippen LogP contribution < -0.4 is 0 Å².